The molecule has 0 fully saturated rings. The van der Waals surface area contributed by atoms with Crippen molar-refractivity contribution in [1.29, 1.82) is 0 Å². The molecule has 2 heterocycles. The zero-order valence-corrected chi connectivity index (χ0v) is 21.1. The molecule has 2 aromatic heterocycles. The molecule has 188 valence electrons. The molecule has 0 aliphatic carbocycles. The SMILES string of the molecule is CNCc1ccc(-c2nnc(-c3nc(-c4ccc(S(=O)(=O)C(C)CCOC)cc4)cnc3N)o2)cc1. The molecule has 0 aliphatic rings. The van der Waals surface area contributed by atoms with Crippen molar-refractivity contribution in [3.63, 3.8) is 0 Å². The van der Waals surface area contributed by atoms with E-state index in [4.69, 9.17) is 14.9 Å². The van der Waals surface area contributed by atoms with Crippen LogP contribution < -0.4 is 11.1 Å². The molecule has 1 unspecified atom stereocenters. The molecule has 0 bridgehead atoms. The van der Waals surface area contributed by atoms with Crippen LogP contribution in [0.15, 0.2) is 64.0 Å². The number of nitrogens with zero attached hydrogens (tertiary/aromatic N) is 4. The van der Waals surface area contributed by atoms with Crippen molar-refractivity contribution in [2.45, 2.75) is 30.0 Å². The number of aromatic nitrogens is 4. The minimum absolute atomic E-state index is 0.141. The first-order valence-electron chi connectivity index (χ1n) is 11.4. The van der Waals surface area contributed by atoms with Crippen LogP contribution in [-0.2, 0) is 21.1 Å². The highest BCUT2D eigenvalue weighted by atomic mass is 32.2. The Morgan fingerprint density at radius 1 is 1.03 bits per heavy atom. The molecule has 4 rings (SSSR count). The summed E-state index contributed by atoms with van der Waals surface area (Å²) in [5.41, 5.74) is 9.38. The fourth-order valence-electron chi connectivity index (χ4n) is 3.59. The lowest BCUT2D eigenvalue weighted by Crippen LogP contribution is -2.19. The Morgan fingerprint density at radius 2 is 1.69 bits per heavy atom. The Balaban J connectivity index is 1.58. The molecular weight excluding hydrogens is 480 g/mol. The zero-order chi connectivity index (χ0) is 25.7. The maximum absolute atomic E-state index is 12.8. The molecule has 0 spiro atoms. The molecule has 0 radical (unpaired) electrons. The quantitative estimate of drug-likeness (QED) is 0.327. The molecule has 0 aliphatic heterocycles. The van der Waals surface area contributed by atoms with Gasteiger partial charge in [-0.1, -0.05) is 24.3 Å². The largest absolute Gasteiger partial charge is 0.414 e. The van der Waals surface area contributed by atoms with Crippen molar-refractivity contribution in [1.82, 2.24) is 25.5 Å². The second-order valence-corrected chi connectivity index (χ2v) is 10.7. The average Bonchev–Trinajstić information content (AvgIpc) is 3.38. The number of benzene rings is 2. The van der Waals surface area contributed by atoms with Crippen LogP contribution in [0.25, 0.3) is 34.3 Å². The van der Waals surface area contributed by atoms with Gasteiger partial charge in [0, 0.05) is 31.4 Å². The van der Waals surface area contributed by atoms with Gasteiger partial charge in [0.15, 0.2) is 21.3 Å². The van der Waals surface area contributed by atoms with Gasteiger partial charge in [0.05, 0.1) is 22.0 Å². The van der Waals surface area contributed by atoms with Gasteiger partial charge in [-0.15, -0.1) is 10.2 Å². The van der Waals surface area contributed by atoms with E-state index < -0.39 is 15.1 Å². The zero-order valence-electron chi connectivity index (χ0n) is 20.3. The number of nitrogens with two attached hydrogens (primary N) is 1. The third-order valence-electron chi connectivity index (χ3n) is 5.75. The lowest BCUT2D eigenvalue weighted by molar-refractivity contribution is 0.194. The summed E-state index contributed by atoms with van der Waals surface area (Å²) in [5.74, 6) is 0.622. The van der Waals surface area contributed by atoms with Crippen molar-refractivity contribution in [2.24, 2.45) is 0 Å². The van der Waals surface area contributed by atoms with E-state index in [0.717, 1.165) is 17.7 Å². The van der Waals surface area contributed by atoms with Crippen LogP contribution in [0.3, 0.4) is 0 Å². The molecule has 4 aromatic rings. The third kappa shape index (κ3) is 5.43. The lowest BCUT2D eigenvalue weighted by atomic mass is 10.1. The number of anilines is 1. The normalized spacial score (nSPS) is 12.5. The topological polar surface area (TPSA) is 146 Å². The van der Waals surface area contributed by atoms with Gasteiger partial charge < -0.3 is 20.2 Å². The second kappa shape index (κ2) is 10.9. The van der Waals surface area contributed by atoms with Crippen LogP contribution in [-0.4, -0.2) is 54.6 Å². The third-order valence-corrected chi connectivity index (χ3v) is 7.97. The van der Waals surface area contributed by atoms with Crippen molar-refractivity contribution in [3.8, 4) is 34.3 Å². The van der Waals surface area contributed by atoms with Gasteiger partial charge in [-0.25, -0.2) is 18.4 Å². The van der Waals surface area contributed by atoms with Crippen molar-refractivity contribution >= 4 is 15.7 Å². The molecule has 3 N–H and O–H groups in total. The molecule has 0 saturated heterocycles. The summed E-state index contributed by atoms with van der Waals surface area (Å²) in [6.45, 7) is 2.81. The smallest absolute Gasteiger partial charge is 0.270 e. The summed E-state index contributed by atoms with van der Waals surface area (Å²) in [7, 11) is -0.0334. The summed E-state index contributed by atoms with van der Waals surface area (Å²) in [5, 5.41) is 10.8. The fraction of sp³-hybridized carbons (Fsp3) is 0.280. The van der Waals surface area contributed by atoms with Crippen LogP contribution in [0.4, 0.5) is 5.82 Å². The van der Waals surface area contributed by atoms with E-state index in [2.05, 4.69) is 25.5 Å². The maximum Gasteiger partial charge on any atom is 0.270 e. The Hall–Kier alpha value is -3.67. The fourth-order valence-corrected chi connectivity index (χ4v) is 4.97. The van der Waals surface area contributed by atoms with Gasteiger partial charge in [0.25, 0.3) is 5.89 Å². The molecule has 1 atom stereocenters. The summed E-state index contributed by atoms with van der Waals surface area (Å²) in [4.78, 5) is 9.03. The highest BCUT2D eigenvalue weighted by Crippen LogP contribution is 2.29. The van der Waals surface area contributed by atoms with E-state index in [1.165, 1.54) is 6.20 Å². The van der Waals surface area contributed by atoms with E-state index in [0.29, 0.717) is 30.2 Å². The molecule has 10 nitrogen and oxygen atoms in total. The number of sulfone groups is 1. The first-order valence-corrected chi connectivity index (χ1v) is 12.9. The van der Waals surface area contributed by atoms with Crippen LogP contribution in [0.2, 0.25) is 0 Å². The second-order valence-electron chi connectivity index (χ2n) is 8.29. The molecular formula is C25H28N6O4S. The van der Waals surface area contributed by atoms with E-state index in [9.17, 15) is 8.42 Å². The van der Waals surface area contributed by atoms with Gasteiger partial charge in [-0.3, -0.25) is 0 Å². The summed E-state index contributed by atoms with van der Waals surface area (Å²) in [6.07, 6.45) is 1.93. The van der Waals surface area contributed by atoms with Gasteiger partial charge in [0.1, 0.15) is 0 Å². The standard InChI is InChI=1S/C25H28N6O4S/c1-16(12-13-34-3)36(32,33)20-10-8-18(9-11-20)21-15-28-23(26)22(29-21)25-31-30-24(35-25)19-6-4-17(5-7-19)14-27-2/h4-11,15-16,27H,12-14H2,1-3H3,(H2,26,28). The van der Waals surface area contributed by atoms with Crippen LogP contribution >= 0.6 is 0 Å². The average molecular weight is 509 g/mol. The van der Waals surface area contributed by atoms with Crippen LogP contribution in [0, 0.1) is 0 Å². The molecule has 0 saturated carbocycles. The number of hydrogen-bond acceptors (Lipinski definition) is 10. The number of hydrogen-bond donors (Lipinski definition) is 2. The number of rotatable bonds is 10. The Labute approximate surface area is 209 Å². The highest BCUT2D eigenvalue weighted by Gasteiger charge is 2.23. The first kappa shape index (κ1) is 25.4. The summed E-state index contributed by atoms with van der Waals surface area (Å²) < 4.78 is 36.5. The van der Waals surface area contributed by atoms with Crippen molar-refractivity contribution in [2.75, 3.05) is 26.5 Å². The van der Waals surface area contributed by atoms with E-state index >= 15 is 0 Å². The Morgan fingerprint density at radius 3 is 2.36 bits per heavy atom. The van der Waals surface area contributed by atoms with E-state index in [-0.39, 0.29) is 22.3 Å². The molecule has 11 heteroatoms. The predicted octanol–water partition coefficient (Wildman–Crippen LogP) is 3.36. The van der Waals surface area contributed by atoms with Gasteiger partial charge >= 0.3 is 0 Å². The van der Waals surface area contributed by atoms with Gasteiger partial charge in [-0.2, -0.15) is 0 Å². The molecule has 36 heavy (non-hydrogen) atoms. The van der Waals surface area contributed by atoms with E-state index in [1.807, 2.05) is 31.3 Å². The lowest BCUT2D eigenvalue weighted by Gasteiger charge is -2.13. The predicted molar refractivity (Wildman–Crippen MR) is 137 cm³/mol. The Kier molecular flexibility index (Phi) is 7.73. The molecule has 0 amide bonds. The van der Waals surface area contributed by atoms with E-state index in [1.54, 1.807) is 38.3 Å². The minimum atomic E-state index is -3.47. The van der Waals surface area contributed by atoms with Crippen molar-refractivity contribution < 1.29 is 17.6 Å². The Bertz CT molecular complexity index is 1420. The number of methoxy groups -OCH3 is 1. The van der Waals surface area contributed by atoms with Gasteiger partial charge in [0.2, 0.25) is 5.89 Å². The minimum Gasteiger partial charge on any atom is -0.414 e. The monoisotopic (exact) mass is 508 g/mol. The van der Waals surface area contributed by atoms with Crippen LogP contribution in [0.1, 0.15) is 18.9 Å². The summed E-state index contributed by atoms with van der Waals surface area (Å²) >= 11 is 0. The number of nitrogens with one attached hydrogen (secondary N) is 1. The summed E-state index contributed by atoms with van der Waals surface area (Å²) in [6, 6.07) is 14.3. The van der Waals surface area contributed by atoms with Crippen molar-refractivity contribution in [3.05, 3.63) is 60.3 Å². The highest BCUT2D eigenvalue weighted by molar-refractivity contribution is 7.92. The molecule has 2 aromatic carbocycles. The number of nitrogen functional groups attached to an aromatic ring is 1. The van der Waals surface area contributed by atoms with Crippen LogP contribution in [0.5, 0.6) is 0 Å². The van der Waals surface area contributed by atoms with Gasteiger partial charge in [-0.05, 0) is 50.2 Å². The number of ether oxygens (including phenoxy) is 1. The first-order chi connectivity index (χ1) is 17.3. The maximum atomic E-state index is 12.8.